The topological polar surface area (TPSA) is 83.1 Å². The van der Waals surface area contributed by atoms with Crippen LogP contribution in [0, 0.1) is 0 Å². The minimum absolute atomic E-state index is 0.504. The Balaban J connectivity index is 3.91. The van der Waals surface area contributed by atoms with Gasteiger partial charge in [0.25, 0.3) is 0 Å². The van der Waals surface area contributed by atoms with Crippen molar-refractivity contribution in [3.05, 3.63) is 0 Å². The molecule has 0 aliphatic rings. The second kappa shape index (κ2) is 20.7. The molecule has 9 nitrogen and oxygen atoms in total. The van der Waals surface area contributed by atoms with E-state index in [0.29, 0.717) is 91.4 Å². The molecule has 0 rings (SSSR count). The molecule has 0 spiro atoms. The van der Waals surface area contributed by atoms with Crippen molar-refractivity contribution in [3.63, 3.8) is 0 Å². The Morgan fingerprint density at radius 1 is 0.355 bits per heavy atom. The van der Waals surface area contributed by atoms with Gasteiger partial charge in [-0.1, -0.05) is 0 Å². The molecular weight excluding hydrogens is 440 g/mol. The lowest BCUT2D eigenvalue weighted by Crippen LogP contribution is -2.47. The van der Waals surface area contributed by atoms with Crippen molar-refractivity contribution in [1.29, 1.82) is 0 Å². The Hall–Kier alpha value is 0.0738. The smallest absolute Gasteiger partial charge is 0.379 e. The van der Waals surface area contributed by atoms with Gasteiger partial charge in [0.1, 0.15) is 0 Å². The fourth-order valence-corrected chi connectivity index (χ4v) is 7.73. The SMILES string of the molecule is CCO[Si](CCOCCOCCOCC[Si](OCC)(OCC)OCC)(OCC)OCC. The highest BCUT2D eigenvalue weighted by Gasteiger charge is 2.40. The van der Waals surface area contributed by atoms with Gasteiger partial charge in [-0.3, -0.25) is 0 Å². The molecule has 0 radical (unpaired) electrons. The molecule has 0 bridgehead atoms. The van der Waals surface area contributed by atoms with E-state index in [1.54, 1.807) is 0 Å². The molecule has 0 saturated carbocycles. The van der Waals surface area contributed by atoms with Gasteiger partial charge < -0.3 is 40.8 Å². The molecule has 11 heteroatoms. The highest BCUT2D eigenvalue weighted by molar-refractivity contribution is 6.61. The zero-order chi connectivity index (χ0) is 23.3. The fourth-order valence-electron chi connectivity index (χ4n) is 2.94. The van der Waals surface area contributed by atoms with Crippen LogP contribution in [-0.2, 0) is 40.8 Å². The van der Waals surface area contributed by atoms with Gasteiger partial charge in [-0.05, 0) is 41.5 Å². The molecule has 0 unspecified atom stereocenters. The number of ether oxygens (including phenoxy) is 3. The highest BCUT2D eigenvalue weighted by atomic mass is 28.4. The quantitative estimate of drug-likeness (QED) is 0.151. The fraction of sp³-hybridized carbons (Fsp3) is 1.00. The summed E-state index contributed by atoms with van der Waals surface area (Å²) in [4.78, 5) is 0. The van der Waals surface area contributed by atoms with Crippen molar-refractivity contribution in [3.8, 4) is 0 Å². The maximum atomic E-state index is 5.81. The summed E-state index contributed by atoms with van der Waals surface area (Å²) in [5, 5.41) is 0. The van der Waals surface area contributed by atoms with E-state index in [4.69, 9.17) is 40.8 Å². The van der Waals surface area contributed by atoms with E-state index in [1.165, 1.54) is 0 Å². The van der Waals surface area contributed by atoms with Gasteiger partial charge in [-0.2, -0.15) is 0 Å². The van der Waals surface area contributed by atoms with Crippen molar-refractivity contribution in [2.24, 2.45) is 0 Å². The molecule has 0 fully saturated rings. The third-order valence-electron chi connectivity index (χ3n) is 4.03. The van der Waals surface area contributed by atoms with E-state index < -0.39 is 17.6 Å². The summed E-state index contributed by atoms with van der Waals surface area (Å²) in [5.41, 5.74) is 0. The van der Waals surface area contributed by atoms with E-state index >= 15 is 0 Å². The van der Waals surface area contributed by atoms with Crippen molar-refractivity contribution in [2.45, 2.75) is 53.6 Å². The minimum atomic E-state index is -2.63. The molecule has 188 valence electrons. The van der Waals surface area contributed by atoms with E-state index in [9.17, 15) is 0 Å². The first-order valence-corrected chi connectivity index (χ1v) is 15.5. The van der Waals surface area contributed by atoms with Crippen LogP contribution < -0.4 is 0 Å². The van der Waals surface area contributed by atoms with Crippen LogP contribution in [0.2, 0.25) is 12.1 Å². The van der Waals surface area contributed by atoms with Crippen molar-refractivity contribution in [2.75, 3.05) is 79.3 Å². The lowest BCUT2D eigenvalue weighted by Gasteiger charge is -2.28. The molecule has 0 aromatic heterocycles. The van der Waals surface area contributed by atoms with Gasteiger partial charge in [-0.15, -0.1) is 0 Å². The van der Waals surface area contributed by atoms with Crippen LogP contribution in [0.5, 0.6) is 0 Å². The average Bonchev–Trinajstić information content (AvgIpc) is 2.73. The summed E-state index contributed by atoms with van der Waals surface area (Å²) in [7, 11) is -5.27. The summed E-state index contributed by atoms with van der Waals surface area (Å²) in [6.45, 7) is 18.2. The Kier molecular flexibility index (Phi) is 20.7. The first-order valence-electron chi connectivity index (χ1n) is 11.6. The first-order chi connectivity index (χ1) is 15.1. The lowest BCUT2D eigenvalue weighted by atomic mass is 10.7. The van der Waals surface area contributed by atoms with Crippen LogP contribution in [0.1, 0.15) is 41.5 Å². The minimum Gasteiger partial charge on any atom is -0.379 e. The number of rotatable bonds is 24. The van der Waals surface area contributed by atoms with Gasteiger partial charge in [0.2, 0.25) is 0 Å². The number of hydrogen-bond donors (Lipinski definition) is 0. The van der Waals surface area contributed by atoms with Gasteiger partial charge in [-0.25, -0.2) is 0 Å². The van der Waals surface area contributed by atoms with Crippen LogP contribution in [0.25, 0.3) is 0 Å². The normalized spacial score (nSPS) is 12.6. The van der Waals surface area contributed by atoms with Crippen LogP contribution in [0.3, 0.4) is 0 Å². The maximum absolute atomic E-state index is 5.81. The molecule has 0 aliphatic heterocycles. The highest BCUT2D eigenvalue weighted by Crippen LogP contribution is 2.17. The third-order valence-corrected chi connectivity index (χ3v) is 10.0. The third kappa shape index (κ3) is 14.8. The largest absolute Gasteiger partial charge is 0.503 e. The van der Waals surface area contributed by atoms with E-state index in [-0.39, 0.29) is 0 Å². The lowest BCUT2D eigenvalue weighted by molar-refractivity contribution is 0.00985. The molecule has 0 saturated heterocycles. The predicted molar refractivity (Wildman–Crippen MR) is 123 cm³/mol. The molecule has 0 aromatic rings. The summed E-state index contributed by atoms with van der Waals surface area (Å²) in [6.07, 6.45) is 0. The summed E-state index contributed by atoms with van der Waals surface area (Å²) < 4.78 is 51.7. The molecule has 0 N–H and O–H groups in total. The number of hydrogen-bond acceptors (Lipinski definition) is 9. The monoisotopic (exact) mass is 486 g/mol. The van der Waals surface area contributed by atoms with E-state index in [0.717, 1.165) is 0 Å². The van der Waals surface area contributed by atoms with Crippen molar-refractivity contribution in [1.82, 2.24) is 0 Å². The zero-order valence-electron chi connectivity index (χ0n) is 20.6. The van der Waals surface area contributed by atoms with E-state index in [1.807, 2.05) is 41.5 Å². The average molecular weight is 487 g/mol. The molecule has 0 atom stereocenters. The second-order valence-corrected chi connectivity index (χ2v) is 11.8. The molecule has 0 aliphatic carbocycles. The van der Waals surface area contributed by atoms with Crippen LogP contribution >= 0.6 is 0 Å². The van der Waals surface area contributed by atoms with Gasteiger partial charge in [0.15, 0.2) is 0 Å². The summed E-state index contributed by atoms with van der Waals surface area (Å²) >= 11 is 0. The van der Waals surface area contributed by atoms with E-state index in [2.05, 4.69) is 0 Å². The Morgan fingerprint density at radius 2 is 0.581 bits per heavy atom. The van der Waals surface area contributed by atoms with Gasteiger partial charge >= 0.3 is 17.6 Å². The molecule has 0 amide bonds. The zero-order valence-corrected chi connectivity index (χ0v) is 22.6. The maximum Gasteiger partial charge on any atom is 0.503 e. The van der Waals surface area contributed by atoms with Crippen LogP contribution in [0.4, 0.5) is 0 Å². The Morgan fingerprint density at radius 3 is 0.806 bits per heavy atom. The predicted octanol–water partition coefficient (Wildman–Crippen LogP) is 3.13. The first kappa shape index (κ1) is 31.1. The standard InChI is InChI=1S/C20H46O9Si2/c1-7-24-30(25-8-2,26-9-3)19-17-22-15-13-21-14-16-23-18-20-31(27-10-4,28-11-5)29-12-6/h7-20H2,1-6H3. The van der Waals surface area contributed by atoms with Crippen LogP contribution in [-0.4, -0.2) is 96.9 Å². The van der Waals surface area contributed by atoms with Gasteiger partial charge in [0.05, 0.1) is 39.6 Å². The van der Waals surface area contributed by atoms with Crippen molar-refractivity contribution < 1.29 is 40.8 Å². The molecular formula is C20H46O9Si2. The van der Waals surface area contributed by atoms with Crippen LogP contribution in [0.15, 0.2) is 0 Å². The molecule has 31 heavy (non-hydrogen) atoms. The summed E-state index contributed by atoms with van der Waals surface area (Å²) in [5.74, 6) is 0. The second-order valence-electron chi connectivity index (χ2n) is 6.30. The Labute approximate surface area is 191 Å². The summed E-state index contributed by atoms with van der Waals surface area (Å²) in [6, 6.07) is 1.27. The van der Waals surface area contributed by atoms with Crippen molar-refractivity contribution >= 4 is 17.6 Å². The Bertz CT molecular complexity index is 324. The van der Waals surface area contributed by atoms with Gasteiger partial charge in [0, 0.05) is 51.7 Å². The molecule has 0 aromatic carbocycles. The molecule has 0 heterocycles.